The molecule has 3 heterocycles. The molecule has 6 unspecified atom stereocenters. The van der Waals surface area contributed by atoms with Gasteiger partial charge < -0.3 is 53.8 Å². The molecule has 0 aromatic heterocycles. The normalized spacial score (nSPS) is 41.8. The highest BCUT2D eigenvalue weighted by Crippen LogP contribution is 2.55. The largest absolute Gasteiger partial charge is 0.565 e. The lowest BCUT2D eigenvalue weighted by Crippen LogP contribution is -2.78. The molecule has 0 aliphatic carbocycles. The number of hydrogen-bond donors (Lipinski definition) is 7. The predicted molar refractivity (Wildman–Crippen MR) is 187 cm³/mol. The van der Waals surface area contributed by atoms with Gasteiger partial charge in [-0.2, -0.15) is 0 Å². The second kappa shape index (κ2) is 15.1. The van der Waals surface area contributed by atoms with Gasteiger partial charge in [-0.25, -0.2) is 0 Å². The Morgan fingerprint density at radius 2 is 0.844 bits per heavy atom. The molecule has 20 nitrogen and oxygen atoms in total. The van der Waals surface area contributed by atoms with Crippen LogP contribution < -0.4 is 0 Å². The Bertz CT molecular complexity index is 1260. The fraction of sp³-hybridized carbons (Fsp3) is 1.00. The lowest BCUT2D eigenvalue weighted by Gasteiger charge is -2.52. The van der Waals surface area contributed by atoms with Gasteiger partial charge in [0.1, 0.15) is 0 Å². The Balaban J connectivity index is 2.47. The minimum atomic E-state index is -4.66. The van der Waals surface area contributed by atoms with Crippen molar-refractivity contribution in [3.8, 4) is 0 Å². The van der Waals surface area contributed by atoms with Crippen molar-refractivity contribution in [3.63, 3.8) is 0 Å². The van der Waals surface area contributed by atoms with Crippen LogP contribution in [0.3, 0.4) is 0 Å². The summed E-state index contributed by atoms with van der Waals surface area (Å²) in [4.78, 5) is 0. The van der Waals surface area contributed by atoms with Crippen LogP contribution in [0.15, 0.2) is 0 Å². The van der Waals surface area contributed by atoms with Crippen molar-refractivity contribution >= 4 is 141 Å². The van der Waals surface area contributed by atoms with Crippen molar-refractivity contribution in [1.29, 1.82) is 36.1 Å². The smallest absolute Gasteiger partial charge is 0.437 e. The van der Waals surface area contributed by atoms with Crippen molar-refractivity contribution < 1.29 is 53.8 Å². The third kappa shape index (κ3) is 9.62. The molecule has 7 atom stereocenters. The van der Waals surface area contributed by atoms with Gasteiger partial charge in [-0.3, -0.25) is 36.1 Å². The lowest BCUT2D eigenvalue weighted by atomic mass is 11.8. The van der Waals surface area contributed by atoms with Crippen molar-refractivity contribution in [3.05, 3.63) is 0 Å². The Kier molecular flexibility index (Phi) is 14.1. The Labute approximate surface area is 281 Å². The zero-order valence-electron chi connectivity index (χ0n) is 25.0. The van der Waals surface area contributed by atoms with Crippen LogP contribution in [0.4, 0.5) is 0 Å². The molecule has 4 bridgehead atoms. The average Bonchev–Trinajstić information content (AvgIpc) is 2.92. The molecule has 7 N–H and O–H groups in total. The topological polar surface area (TPSA) is 287 Å². The van der Waals surface area contributed by atoms with Gasteiger partial charge in [0.15, 0.2) is 17.4 Å². The van der Waals surface area contributed by atoms with E-state index in [1.54, 1.807) is 26.2 Å². The molecule has 37 heteroatoms. The third-order valence-electron chi connectivity index (χ3n) is 4.85. The summed E-state index contributed by atoms with van der Waals surface area (Å²) in [6.07, 6.45) is 0. The van der Waals surface area contributed by atoms with Crippen molar-refractivity contribution in [2.45, 2.75) is 45.8 Å². The molecular formula is C8H32N7O13P7Si10. The molecule has 252 valence electrons. The highest BCUT2D eigenvalue weighted by molar-refractivity contribution is 7.84. The molecule has 0 amide bonds. The van der Waals surface area contributed by atoms with Crippen LogP contribution in [0.5, 0.6) is 0 Å². The summed E-state index contributed by atoms with van der Waals surface area (Å²) >= 11 is 0. The molecule has 3 aliphatic heterocycles. The molecule has 0 aromatic rings. The second-order valence-electron chi connectivity index (χ2n) is 10.5. The Hall–Kier alpha value is 2.35. The molecular weight excluding hydrogens is 900 g/mol. The molecule has 45 heavy (non-hydrogen) atoms. The van der Waals surface area contributed by atoms with E-state index in [9.17, 15) is 0 Å². The first-order valence-corrected chi connectivity index (χ1v) is 45.6. The highest BCUT2D eigenvalue weighted by atomic mass is 31.4. The van der Waals surface area contributed by atoms with Crippen LogP contribution >= 0.6 is 55.4 Å². The number of rotatable bonds is 14. The van der Waals surface area contributed by atoms with Crippen LogP contribution in [-0.4, -0.2) is 92.3 Å². The van der Waals surface area contributed by atoms with E-state index in [1.165, 1.54) is 7.11 Å². The maximum atomic E-state index is 8.69. The molecule has 0 aromatic carbocycles. The standard InChI is InChI=1S/C8H32N7O13P7Si10/c1-16-39(29-9)20-42(32-12)22-40(30-10,17-36(2)3)23-44(34-14)25-41(31-11,19-38(7,8)18-37(4,5)6)24-43(21-39,33-13)27-45(26-42,28-44)35-15/h9-15,36H,1-8H3/t39-,40?,41?,42?,43?,44?,45?/m0/s1. The zero-order chi connectivity index (χ0) is 34.2. The minimum absolute atomic E-state index is 0.311. The fourth-order valence-corrected chi connectivity index (χ4v) is 79.5. The first-order chi connectivity index (χ1) is 20.7. The molecule has 3 rings (SSSR count). The van der Waals surface area contributed by atoms with Gasteiger partial charge in [0, 0.05) is 7.11 Å². The summed E-state index contributed by atoms with van der Waals surface area (Å²) < 4.78 is 82.9. The maximum Gasteiger partial charge on any atom is 0.565 e. The van der Waals surface area contributed by atoms with Crippen LogP contribution in [0.25, 0.3) is 0 Å². The number of fused-ring (bicyclic) bond motifs is 3. The van der Waals surface area contributed by atoms with Gasteiger partial charge in [-0.1, -0.05) is 0 Å². The van der Waals surface area contributed by atoms with Gasteiger partial charge in [0.2, 0.25) is 0 Å². The molecule has 3 aliphatic rings. The SMILES string of the molecule is CO[Si@]1(P=N)O[Si]2(P=N)O[Si](O[SiH](C)C)(P=N)O[Si]3(P=N)O[Si](O[Si](C)(C)O[Si](C)(C)C)(P=N)O[Si](P=N)(O[Si](P=N)(O3)O2)O1. The summed E-state index contributed by atoms with van der Waals surface area (Å²) in [5, 5.41) is 59.8. The first kappa shape index (κ1) is 41.8. The summed E-state index contributed by atoms with van der Waals surface area (Å²) in [5.41, 5.74) is 0. The first-order valence-electron chi connectivity index (χ1n) is 12.3. The molecule has 3 saturated heterocycles. The Morgan fingerprint density at radius 1 is 0.511 bits per heavy atom. The van der Waals surface area contributed by atoms with Gasteiger partial charge in [-0.15, -0.1) is 0 Å². The van der Waals surface area contributed by atoms with E-state index in [-0.39, 0.29) is 23.8 Å². The lowest BCUT2D eigenvalue weighted by molar-refractivity contribution is 0.0522. The van der Waals surface area contributed by atoms with E-state index in [1.807, 2.05) is 19.6 Å². The maximum absolute atomic E-state index is 8.69. The van der Waals surface area contributed by atoms with Crippen LogP contribution in [0.2, 0.25) is 45.8 Å². The third-order valence-corrected chi connectivity index (χ3v) is 59.2. The van der Waals surface area contributed by atoms with Crippen LogP contribution in [0, 0.1) is 36.1 Å². The second-order valence-corrected chi connectivity index (χ2v) is 55.0. The minimum Gasteiger partial charge on any atom is -0.437 e. The number of nitrogens with one attached hydrogen (secondary N) is 7. The summed E-state index contributed by atoms with van der Waals surface area (Å²) in [7, 11) is -40.9. The van der Waals surface area contributed by atoms with Crippen LogP contribution in [-0.2, 0) is 53.8 Å². The Morgan fingerprint density at radius 3 is 1.13 bits per heavy atom. The molecule has 0 spiro atoms. The quantitative estimate of drug-likeness (QED) is 0.0661. The summed E-state index contributed by atoms with van der Waals surface area (Å²) in [6, 6.07) is 0. The molecule has 3 fully saturated rings. The van der Waals surface area contributed by atoms with Crippen molar-refractivity contribution in [2.75, 3.05) is 7.11 Å². The van der Waals surface area contributed by atoms with Gasteiger partial charge in [-0.05, 0) is 45.8 Å². The van der Waals surface area contributed by atoms with E-state index in [2.05, 4.69) is 0 Å². The van der Waals surface area contributed by atoms with Gasteiger partial charge in [0.25, 0.3) is 0 Å². The van der Waals surface area contributed by atoms with E-state index >= 15 is 0 Å². The number of hydrogen-bond acceptors (Lipinski definition) is 20. The fourth-order valence-electron chi connectivity index (χ4n) is 3.82. The molecule has 0 radical (unpaired) electrons. The van der Waals surface area contributed by atoms with E-state index in [4.69, 9.17) is 89.9 Å². The van der Waals surface area contributed by atoms with E-state index < -0.39 is 117 Å². The monoisotopic (exact) mass is 931 g/mol. The van der Waals surface area contributed by atoms with Crippen molar-refractivity contribution in [1.82, 2.24) is 0 Å². The predicted octanol–water partition coefficient (Wildman–Crippen LogP) is 7.40. The average molecular weight is 932 g/mol. The molecule has 0 saturated carbocycles. The summed E-state index contributed by atoms with van der Waals surface area (Å²) in [6.45, 7) is 13.0. The van der Waals surface area contributed by atoms with E-state index in [0.29, 0.717) is 0 Å². The zero-order valence-corrected chi connectivity index (χ0v) is 41.4. The van der Waals surface area contributed by atoms with Crippen LogP contribution in [0.1, 0.15) is 0 Å². The highest BCUT2D eigenvalue weighted by Gasteiger charge is 2.80. The van der Waals surface area contributed by atoms with E-state index in [0.717, 1.165) is 0 Å². The summed E-state index contributed by atoms with van der Waals surface area (Å²) in [5.74, 6) is 0. The van der Waals surface area contributed by atoms with Gasteiger partial charge in [0.05, 0.1) is 55.4 Å². The van der Waals surface area contributed by atoms with Gasteiger partial charge >= 0.3 is 67.9 Å². The van der Waals surface area contributed by atoms with Crippen molar-refractivity contribution in [2.24, 2.45) is 0 Å².